The van der Waals surface area contributed by atoms with Crippen LogP contribution in [0.4, 0.5) is 5.82 Å². The number of rotatable bonds is 5. The minimum Gasteiger partial charge on any atom is -0.354 e. The third-order valence-electron chi connectivity index (χ3n) is 6.25. The largest absolute Gasteiger partial charge is 0.354 e. The molecule has 2 aliphatic rings. The Morgan fingerprint density at radius 3 is 2.63 bits per heavy atom. The zero-order valence-electron chi connectivity index (χ0n) is 18.3. The standard InChI is InChI=1S/C24H34N6/c1-25-24(30-11-9-22(19-30)16-20-6-4-3-5-7-20)27-18-21-8-10-26-23(17-21)29-14-12-28(2)13-15-29/h3-8,10,17,22H,9,11-16,18-19H2,1-2H3,(H,25,27). The minimum atomic E-state index is 0.690. The van der Waals surface area contributed by atoms with Crippen LogP contribution in [-0.4, -0.2) is 74.1 Å². The minimum absolute atomic E-state index is 0.690. The second-order valence-electron chi connectivity index (χ2n) is 8.50. The lowest BCUT2D eigenvalue weighted by molar-refractivity contribution is 0.312. The number of nitrogens with one attached hydrogen (secondary N) is 1. The lowest BCUT2D eigenvalue weighted by Crippen LogP contribution is -2.44. The maximum atomic E-state index is 4.60. The van der Waals surface area contributed by atoms with Crippen LogP contribution < -0.4 is 10.2 Å². The number of benzene rings is 1. The summed E-state index contributed by atoms with van der Waals surface area (Å²) in [7, 11) is 4.06. The Kier molecular flexibility index (Phi) is 6.84. The second kappa shape index (κ2) is 9.94. The summed E-state index contributed by atoms with van der Waals surface area (Å²) in [5.74, 6) is 2.78. The highest BCUT2D eigenvalue weighted by atomic mass is 15.3. The van der Waals surface area contributed by atoms with Crippen LogP contribution in [0.5, 0.6) is 0 Å². The highest BCUT2D eigenvalue weighted by molar-refractivity contribution is 5.80. The van der Waals surface area contributed by atoms with E-state index < -0.39 is 0 Å². The molecule has 160 valence electrons. The van der Waals surface area contributed by atoms with E-state index in [0.29, 0.717) is 5.92 Å². The molecular formula is C24H34N6. The molecule has 0 saturated carbocycles. The Morgan fingerprint density at radius 1 is 1.07 bits per heavy atom. The number of nitrogens with zero attached hydrogens (tertiary/aromatic N) is 5. The van der Waals surface area contributed by atoms with E-state index in [0.717, 1.165) is 64.0 Å². The average molecular weight is 407 g/mol. The molecule has 0 amide bonds. The SMILES string of the molecule is CN=C(NCc1ccnc(N2CCN(C)CC2)c1)N1CCC(Cc2ccccc2)C1. The van der Waals surface area contributed by atoms with Crippen LogP contribution in [0.2, 0.25) is 0 Å². The van der Waals surface area contributed by atoms with E-state index in [1.807, 2.05) is 13.2 Å². The van der Waals surface area contributed by atoms with Crippen LogP contribution in [0.15, 0.2) is 53.7 Å². The summed E-state index contributed by atoms with van der Waals surface area (Å²) in [5, 5.41) is 3.57. The maximum Gasteiger partial charge on any atom is 0.193 e. The van der Waals surface area contributed by atoms with Gasteiger partial charge in [-0.15, -0.1) is 0 Å². The first kappa shape index (κ1) is 20.7. The van der Waals surface area contributed by atoms with Gasteiger partial charge in [-0.05, 0) is 49.1 Å². The summed E-state index contributed by atoms with van der Waals surface area (Å²) in [6.45, 7) is 7.18. The van der Waals surface area contributed by atoms with Crippen molar-refractivity contribution in [2.75, 3.05) is 58.3 Å². The van der Waals surface area contributed by atoms with Crippen molar-refractivity contribution in [1.29, 1.82) is 0 Å². The van der Waals surface area contributed by atoms with Crippen LogP contribution in [-0.2, 0) is 13.0 Å². The summed E-state index contributed by atoms with van der Waals surface area (Å²) in [5.41, 5.74) is 2.68. The summed E-state index contributed by atoms with van der Waals surface area (Å²) < 4.78 is 0. The van der Waals surface area contributed by atoms with Crippen molar-refractivity contribution in [2.45, 2.75) is 19.4 Å². The Bertz CT molecular complexity index is 829. The molecule has 2 aromatic rings. The van der Waals surface area contributed by atoms with E-state index in [1.54, 1.807) is 0 Å². The lowest BCUT2D eigenvalue weighted by Gasteiger charge is -2.33. The molecule has 3 heterocycles. The number of aromatic nitrogens is 1. The average Bonchev–Trinajstić information content (AvgIpc) is 3.24. The molecule has 1 unspecified atom stereocenters. The Hall–Kier alpha value is -2.60. The van der Waals surface area contributed by atoms with Gasteiger partial charge in [0.15, 0.2) is 5.96 Å². The lowest BCUT2D eigenvalue weighted by atomic mass is 9.99. The Labute approximate surface area is 180 Å². The van der Waals surface area contributed by atoms with Crippen LogP contribution in [0.1, 0.15) is 17.5 Å². The number of anilines is 1. The third-order valence-corrected chi connectivity index (χ3v) is 6.25. The van der Waals surface area contributed by atoms with E-state index in [4.69, 9.17) is 0 Å². The number of likely N-dealkylation sites (tertiary alicyclic amines) is 1. The molecule has 4 rings (SSSR count). The molecule has 1 aromatic carbocycles. The van der Waals surface area contributed by atoms with Gasteiger partial charge in [-0.3, -0.25) is 4.99 Å². The van der Waals surface area contributed by atoms with Gasteiger partial charge in [0.05, 0.1) is 0 Å². The van der Waals surface area contributed by atoms with Crippen LogP contribution in [0, 0.1) is 5.92 Å². The molecule has 2 saturated heterocycles. The molecule has 1 aromatic heterocycles. The predicted molar refractivity (Wildman–Crippen MR) is 124 cm³/mol. The van der Waals surface area contributed by atoms with Gasteiger partial charge in [-0.2, -0.15) is 0 Å². The van der Waals surface area contributed by atoms with Crippen molar-refractivity contribution in [3.05, 3.63) is 59.8 Å². The number of pyridine rings is 1. The summed E-state index contributed by atoms with van der Waals surface area (Å²) in [6.07, 6.45) is 4.30. The van der Waals surface area contributed by atoms with Crippen LogP contribution in [0.25, 0.3) is 0 Å². The molecule has 2 aliphatic heterocycles. The smallest absolute Gasteiger partial charge is 0.193 e. The maximum absolute atomic E-state index is 4.60. The normalized spacial score (nSPS) is 20.6. The highest BCUT2D eigenvalue weighted by Gasteiger charge is 2.25. The molecule has 6 nitrogen and oxygen atoms in total. The monoisotopic (exact) mass is 406 g/mol. The molecule has 0 aliphatic carbocycles. The van der Waals surface area contributed by atoms with Crippen molar-refractivity contribution in [2.24, 2.45) is 10.9 Å². The fourth-order valence-corrected chi connectivity index (χ4v) is 4.43. The summed E-state index contributed by atoms with van der Waals surface area (Å²) in [4.78, 5) is 16.3. The van der Waals surface area contributed by atoms with Gasteiger partial charge in [0.1, 0.15) is 5.82 Å². The Morgan fingerprint density at radius 2 is 1.87 bits per heavy atom. The molecule has 2 fully saturated rings. The second-order valence-corrected chi connectivity index (χ2v) is 8.50. The van der Waals surface area contributed by atoms with Crippen molar-refractivity contribution in [1.82, 2.24) is 20.1 Å². The van der Waals surface area contributed by atoms with Gasteiger partial charge in [-0.1, -0.05) is 30.3 Å². The van der Waals surface area contributed by atoms with E-state index in [9.17, 15) is 0 Å². The van der Waals surface area contributed by atoms with Crippen molar-refractivity contribution in [3.63, 3.8) is 0 Å². The van der Waals surface area contributed by atoms with Gasteiger partial charge >= 0.3 is 0 Å². The number of hydrogen-bond acceptors (Lipinski definition) is 4. The molecule has 1 atom stereocenters. The predicted octanol–water partition coefficient (Wildman–Crippen LogP) is 2.47. The van der Waals surface area contributed by atoms with Gasteiger partial charge in [-0.25, -0.2) is 4.98 Å². The summed E-state index contributed by atoms with van der Waals surface area (Å²) >= 11 is 0. The fraction of sp³-hybridized carbons (Fsp3) is 0.500. The van der Waals surface area contributed by atoms with E-state index in [2.05, 4.69) is 79.5 Å². The molecular weight excluding hydrogens is 372 g/mol. The van der Waals surface area contributed by atoms with E-state index in [-0.39, 0.29) is 0 Å². The van der Waals surface area contributed by atoms with Crippen molar-refractivity contribution in [3.8, 4) is 0 Å². The van der Waals surface area contributed by atoms with Crippen LogP contribution >= 0.6 is 0 Å². The Balaban J connectivity index is 1.30. The fourth-order valence-electron chi connectivity index (χ4n) is 4.43. The first-order chi connectivity index (χ1) is 14.7. The number of piperazine rings is 1. The van der Waals surface area contributed by atoms with Gasteiger partial charge < -0.3 is 20.0 Å². The van der Waals surface area contributed by atoms with Crippen molar-refractivity contribution >= 4 is 11.8 Å². The van der Waals surface area contributed by atoms with Crippen LogP contribution in [0.3, 0.4) is 0 Å². The van der Waals surface area contributed by atoms with Gasteiger partial charge in [0.25, 0.3) is 0 Å². The molecule has 6 heteroatoms. The molecule has 0 spiro atoms. The quantitative estimate of drug-likeness (QED) is 0.611. The molecule has 0 radical (unpaired) electrons. The van der Waals surface area contributed by atoms with Gasteiger partial charge in [0.2, 0.25) is 0 Å². The molecule has 0 bridgehead atoms. The summed E-state index contributed by atoms with van der Waals surface area (Å²) in [6, 6.07) is 15.1. The van der Waals surface area contributed by atoms with E-state index >= 15 is 0 Å². The number of hydrogen-bond donors (Lipinski definition) is 1. The highest BCUT2D eigenvalue weighted by Crippen LogP contribution is 2.21. The topological polar surface area (TPSA) is 47.0 Å². The number of guanidine groups is 1. The zero-order valence-corrected chi connectivity index (χ0v) is 18.3. The first-order valence-corrected chi connectivity index (χ1v) is 11.1. The zero-order chi connectivity index (χ0) is 20.8. The van der Waals surface area contributed by atoms with Gasteiger partial charge in [0, 0.05) is 59.1 Å². The first-order valence-electron chi connectivity index (χ1n) is 11.1. The third kappa shape index (κ3) is 5.30. The number of aliphatic imine (C=N–C) groups is 1. The van der Waals surface area contributed by atoms with Crippen molar-refractivity contribution < 1.29 is 0 Å². The molecule has 30 heavy (non-hydrogen) atoms. The number of likely N-dealkylation sites (N-methyl/N-ethyl adjacent to an activating group) is 1. The van der Waals surface area contributed by atoms with E-state index in [1.165, 1.54) is 17.5 Å². The molecule has 1 N–H and O–H groups in total.